The Morgan fingerprint density at radius 2 is 1.64 bits per heavy atom. The highest BCUT2D eigenvalue weighted by Gasteiger charge is 2.13. The first-order valence-electron chi connectivity index (χ1n) is 10.2. The van der Waals surface area contributed by atoms with Crippen molar-refractivity contribution in [2.75, 3.05) is 0 Å². The highest BCUT2D eigenvalue weighted by molar-refractivity contribution is 6.03. The molecule has 0 fully saturated rings. The molecule has 0 heterocycles. The standard InChI is InChI=1S/C24H31NO3/c1-3-4-5-6-7-8-12-15-22(21-18-19(2)16-17-23(21)26)25-28-24(27)20-13-10-9-11-14-20/h9-11,13-14,16-18,26H,3-8,12,15H2,1-2H3/b25-22+. The molecule has 2 aromatic carbocycles. The summed E-state index contributed by atoms with van der Waals surface area (Å²) in [6.07, 6.45) is 8.96. The van der Waals surface area contributed by atoms with Crippen LogP contribution in [0, 0.1) is 6.92 Å². The number of rotatable bonds is 11. The summed E-state index contributed by atoms with van der Waals surface area (Å²) in [6.45, 7) is 4.18. The van der Waals surface area contributed by atoms with Gasteiger partial charge in [0.25, 0.3) is 0 Å². The summed E-state index contributed by atoms with van der Waals surface area (Å²) in [6, 6.07) is 14.2. The van der Waals surface area contributed by atoms with Crippen molar-refractivity contribution < 1.29 is 14.7 Å². The number of benzene rings is 2. The molecular formula is C24H31NO3. The number of hydrogen-bond donors (Lipinski definition) is 1. The summed E-state index contributed by atoms with van der Waals surface area (Å²) < 4.78 is 0. The van der Waals surface area contributed by atoms with Gasteiger partial charge in [0.15, 0.2) is 0 Å². The maximum atomic E-state index is 12.2. The average molecular weight is 382 g/mol. The van der Waals surface area contributed by atoms with Gasteiger partial charge in [-0.05, 0) is 44.0 Å². The SMILES string of the molecule is CCCCCCCCC/C(=N\OC(=O)c1ccccc1)c1cc(C)ccc1O. The monoisotopic (exact) mass is 381 g/mol. The molecule has 0 aliphatic carbocycles. The molecule has 0 saturated heterocycles. The van der Waals surface area contributed by atoms with Crippen molar-refractivity contribution in [1.82, 2.24) is 0 Å². The van der Waals surface area contributed by atoms with E-state index in [0.717, 1.165) is 18.4 Å². The summed E-state index contributed by atoms with van der Waals surface area (Å²) in [7, 11) is 0. The Hall–Kier alpha value is -2.62. The second-order valence-electron chi connectivity index (χ2n) is 7.17. The van der Waals surface area contributed by atoms with E-state index < -0.39 is 5.97 Å². The Balaban J connectivity index is 2.03. The van der Waals surface area contributed by atoms with Gasteiger partial charge >= 0.3 is 5.97 Å². The fourth-order valence-electron chi connectivity index (χ4n) is 3.08. The molecule has 0 atom stereocenters. The van der Waals surface area contributed by atoms with Crippen molar-refractivity contribution in [1.29, 1.82) is 0 Å². The smallest absolute Gasteiger partial charge is 0.365 e. The predicted molar refractivity (Wildman–Crippen MR) is 114 cm³/mol. The van der Waals surface area contributed by atoms with Gasteiger partial charge < -0.3 is 9.94 Å². The third kappa shape index (κ3) is 7.18. The molecule has 4 heteroatoms. The third-order valence-corrected chi connectivity index (χ3v) is 4.73. The third-order valence-electron chi connectivity index (χ3n) is 4.73. The van der Waals surface area contributed by atoms with Gasteiger partial charge in [0.1, 0.15) is 5.75 Å². The van der Waals surface area contributed by atoms with Gasteiger partial charge in [0.2, 0.25) is 0 Å². The van der Waals surface area contributed by atoms with Gasteiger partial charge in [-0.1, -0.05) is 80.4 Å². The second kappa shape index (κ2) is 12.0. The van der Waals surface area contributed by atoms with Crippen LogP contribution in [0.5, 0.6) is 5.75 Å². The van der Waals surface area contributed by atoms with Gasteiger partial charge in [0.05, 0.1) is 11.3 Å². The number of carbonyl (C=O) groups is 1. The van der Waals surface area contributed by atoms with Crippen LogP contribution in [0.15, 0.2) is 53.7 Å². The molecule has 1 N–H and O–H groups in total. The molecule has 0 amide bonds. The molecule has 0 radical (unpaired) electrons. The fraction of sp³-hybridized carbons (Fsp3) is 0.417. The van der Waals surface area contributed by atoms with Gasteiger partial charge in [-0.2, -0.15) is 0 Å². The molecule has 4 nitrogen and oxygen atoms in total. The Morgan fingerprint density at radius 3 is 2.36 bits per heavy atom. The van der Waals surface area contributed by atoms with Crippen LogP contribution in [-0.2, 0) is 4.84 Å². The minimum atomic E-state index is -0.496. The van der Waals surface area contributed by atoms with E-state index in [1.54, 1.807) is 30.3 Å². The summed E-state index contributed by atoms with van der Waals surface area (Å²) in [5.74, 6) is -0.340. The van der Waals surface area contributed by atoms with Gasteiger partial charge in [-0.25, -0.2) is 4.79 Å². The molecular weight excluding hydrogens is 350 g/mol. The number of aryl methyl sites for hydroxylation is 1. The highest BCUT2D eigenvalue weighted by atomic mass is 16.7. The molecule has 0 spiro atoms. The van der Waals surface area contributed by atoms with E-state index in [0.29, 0.717) is 23.3 Å². The lowest BCUT2D eigenvalue weighted by atomic mass is 10.0. The molecule has 2 rings (SSSR count). The van der Waals surface area contributed by atoms with Crippen LogP contribution in [0.3, 0.4) is 0 Å². The minimum absolute atomic E-state index is 0.156. The zero-order valence-electron chi connectivity index (χ0n) is 17.0. The summed E-state index contributed by atoms with van der Waals surface area (Å²) in [5, 5.41) is 14.4. The first-order chi connectivity index (χ1) is 13.6. The fourth-order valence-corrected chi connectivity index (χ4v) is 3.08. The van der Waals surface area contributed by atoms with E-state index in [2.05, 4.69) is 12.1 Å². The first-order valence-corrected chi connectivity index (χ1v) is 10.2. The lowest BCUT2D eigenvalue weighted by molar-refractivity contribution is 0.0515. The highest BCUT2D eigenvalue weighted by Crippen LogP contribution is 2.22. The van der Waals surface area contributed by atoms with E-state index in [1.165, 1.54) is 32.1 Å². The molecule has 2 aromatic rings. The Morgan fingerprint density at radius 1 is 0.964 bits per heavy atom. The first kappa shape index (κ1) is 21.7. The van der Waals surface area contributed by atoms with Gasteiger partial charge in [-0.3, -0.25) is 0 Å². The summed E-state index contributed by atoms with van der Waals surface area (Å²) in [5.41, 5.74) is 2.72. The average Bonchev–Trinajstić information content (AvgIpc) is 2.72. The molecule has 0 aliphatic heterocycles. The molecule has 0 aliphatic rings. The lowest BCUT2D eigenvalue weighted by Crippen LogP contribution is -2.07. The maximum absolute atomic E-state index is 12.2. The van der Waals surface area contributed by atoms with Crippen molar-refractivity contribution in [3.8, 4) is 5.75 Å². The molecule has 0 bridgehead atoms. The van der Waals surface area contributed by atoms with E-state index in [-0.39, 0.29) is 5.75 Å². The molecule has 28 heavy (non-hydrogen) atoms. The van der Waals surface area contributed by atoms with Crippen molar-refractivity contribution >= 4 is 11.7 Å². The number of nitrogens with zero attached hydrogens (tertiary/aromatic N) is 1. The topological polar surface area (TPSA) is 58.9 Å². The van der Waals surface area contributed by atoms with Crippen molar-refractivity contribution in [2.45, 2.75) is 65.2 Å². The predicted octanol–water partition coefficient (Wildman–Crippen LogP) is 6.40. The van der Waals surface area contributed by atoms with E-state index in [9.17, 15) is 9.90 Å². The maximum Gasteiger partial charge on any atom is 0.365 e. The van der Waals surface area contributed by atoms with Crippen molar-refractivity contribution in [3.05, 3.63) is 65.2 Å². The van der Waals surface area contributed by atoms with Crippen molar-refractivity contribution in [3.63, 3.8) is 0 Å². The number of phenols is 1. The van der Waals surface area contributed by atoms with Crippen LogP contribution >= 0.6 is 0 Å². The minimum Gasteiger partial charge on any atom is -0.507 e. The van der Waals surface area contributed by atoms with Crippen LogP contribution in [0.25, 0.3) is 0 Å². The number of oxime groups is 1. The van der Waals surface area contributed by atoms with Crippen LogP contribution in [0.2, 0.25) is 0 Å². The van der Waals surface area contributed by atoms with Crippen molar-refractivity contribution in [2.24, 2.45) is 5.16 Å². The lowest BCUT2D eigenvalue weighted by Gasteiger charge is -2.10. The Bertz CT molecular complexity index is 769. The Labute approximate surface area is 168 Å². The normalized spacial score (nSPS) is 11.4. The number of carbonyl (C=O) groups excluding carboxylic acids is 1. The zero-order valence-corrected chi connectivity index (χ0v) is 17.0. The summed E-state index contributed by atoms with van der Waals surface area (Å²) in [4.78, 5) is 17.4. The molecule has 0 unspecified atom stereocenters. The quantitative estimate of drug-likeness (QED) is 0.212. The number of phenolic OH excluding ortho intramolecular Hbond substituents is 1. The second-order valence-corrected chi connectivity index (χ2v) is 7.17. The number of aromatic hydroxyl groups is 1. The van der Waals surface area contributed by atoms with Gasteiger partial charge in [-0.15, -0.1) is 0 Å². The number of unbranched alkanes of at least 4 members (excludes halogenated alkanes) is 6. The zero-order chi connectivity index (χ0) is 20.2. The van der Waals surface area contributed by atoms with Crippen LogP contribution < -0.4 is 0 Å². The largest absolute Gasteiger partial charge is 0.507 e. The van der Waals surface area contributed by atoms with E-state index in [4.69, 9.17) is 4.84 Å². The number of hydrogen-bond acceptors (Lipinski definition) is 4. The van der Waals surface area contributed by atoms with Gasteiger partial charge in [0, 0.05) is 5.56 Å². The molecule has 0 saturated carbocycles. The van der Waals surface area contributed by atoms with Crippen LogP contribution in [0.4, 0.5) is 0 Å². The molecule has 150 valence electrons. The van der Waals surface area contributed by atoms with E-state index >= 15 is 0 Å². The van der Waals surface area contributed by atoms with E-state index in [1.807, 2.05) is 25.1 Å². The molecule has 0 aromatic heterocycles. The Kier molecular flexibility index (Phi) is 9.26. The summed E-state index contributed by atoms with van der Waals surface area (Å²) >= 11 is 0. The van der Waals surface area contributed by atoms with Crippen LogP contribution in [0.1, 0.15) is 79.8 Å². The van der Waals surface area contributed by atoms with Crippen LogP contribution in [-0.4, -0.2) is 16.8 Å².